The molecule has 1 amide bonds. The summed E-state index contributed by atoms with van der Waals surface area (Å²) in [6, 6.07) is 9.74. The maximum Gasteiger partial charge on any atom is 0.298 e. The Bertz CT molecular complexity index is 970. The summed E-state index contributed by atoms with van der Waals surface area (Å²) in [5, 5.41) is 6.02. The van der Waals surface area contributed by atoms with E-state index in [2.05, 4.69) is 25.6 Å². The first kappa shape index (κ1) is 17.0. The zero-order valence-electron chi connectivity index (χ0n) is 15.1. The molecule has 1 aliphatic rings. The number of hydrogen-bond donors (Lipinski definition) is 2. The standard InChI is InChI=1S/C19H20N6O2/c1-12-6-7-21-18(23-12)24-15-5-3-4-14(10-15)16-11-22-19(27-16)25-9-8-20-17(26)13(25)2/h3-7,10-11,13H,8-9H2,1-2H3,(H,20,26)(H,21,23,24)/t13-/m1/s1. The number of rotatable bonds is 4. The number of aryl methyl sites for hydroxylation is 1. The highest BCUT2D eigenvalue weighted by Crippen LogP contribution is 2.28. The van der Waals surface area contributed by atoms with Crippen molar-refractivity contribution in [1.82, 2.24) is 20.3 Å². The van der Waals surface area contributed by atoms with Gasteiger partial charge in [0.05, 0.1) is 6.20 Å². The van der Waals surface area contributed by atoms with Crippen LogP contribution in [-0.2, 0) is 4.79 Å². The van der Waals surface area contributed by atoms with Crippen LogP contribution in [0.3, 0.4) is 0 Å². The molecule has 138 valence electrons. The van der Waals surface area contributed by atoms with Gasteiger partial charge in [0, 0.05) is 36.2 Å². The molecule has 1 aliphatic heterocycles. The average Bonchev–Trinajstić information content (AvgIpc) is 3.14. The Hall–Kier alpha value is -3.42. The van der Waals surface area contributed by atoms with Crippen LogP contribution in [0.2, 0.25) is 0 Å². The molecule has 3 aromatic rings. The highest BCUT2D eigenvalue weighted by atomic mass is 16.4. The molecule has 1 saturated heterocycles. The van der Waals surface area contributed by atoms with Gasteiger partial charge in [-0.05, 0) is 32.0 Å². The average molecular weight is 364 g/mol. The molecule has 27 heavy (non-hydrogen) atoms. The zero-order valence-corrected chi connectivity index (χ0v) is 15.1. The molecular weight excluding hydrogens is 344 g/mol. The molecule has 4 rings (SSSR count). The summed E-state index contributed by atoms with van der Waals surface area (Å²) in [4.78, 5) is 26.6. The van der Waals surface area contributed by atoms with E-state index in [1.165, 1.54) is 0 Å². The number of aromatic nitrogens is 3. The SMILES string of the molecule is Cc1ccnc(Nc2cccc(-c3cnc(N4CCNC(=O)[C@H]4C)o3)c2)n1. The summed E-state index contributed by atoms with van der Waals surface area (Å²) in [5.74, 6) is 1.15. The van der Waals surface area contributed by atoms with Crippen LogP contribution in [0.5, 0.6) is 0 Å². The summed E-state index contributed by atoms with van der Waals surface area (Å²) in [6.45, 7) is 5.00. The van der Waals surface area contributed by atoms with E-state index in [4.69, 9.17) is 4.42 Å². The van der Waals surface area contributed by atoms with Gasteiger partial charge in [-0.3, -0.25) is 4.79 Å². The lowest BCUT2D eigenvalue weighted by Gasteiger charge is -2.31. The summed E-state index contributed by atoms with van der Waals surface area (Å²) < 4.78 is 5.93. The monoisotopic (exact) mass is 364 g/mol. The van der Waals surface area contributed by atoms with Crippen molar-refractivity contribution < 1.29 is 9.21 Å². The number of piperazine rings is 1. The summed E-state index contributed by atoms with van der Waals surface area (Å²) in [6.07, 6.45) is 3.39. The molecule has 8 heteroatoms. The van der Waals surface area contributed by atoms with Crippen molar-refractivity contribution in [2.45, 2.75) is 19.9 Å². The number of benzene rings is 1. The van der Waals surface area contributed by atoms with Gasteiger partial charge in [0.15, 0.2) is 5.76 Å². The van der Waals surface area contributed by atoms with E-state index in [-0.39, 0.29) is 11.9 Å². The van der Waals surface area contributed by atoms with Gasteiger partial charge in [0.1, 0.15) is 6.04 Å². The van der Waals surface area contributed by atoms with Gasteiger partial charge in [-0.15, -0.1) is 0 Å². The Morgan fingerprint density at radius 1 is 1.30 bits per heavy atom. The molecule has 0 bridgehead atoms. The number of nitrogens with one attached hydrogen (secondary N) is 2. The number of amides is 1. The third-order valence-electron chi connectivity index (χ3n) is 4.44. The molecule has 0 unspecified atom stereocenters. The number of anilines is 3. The molecule has 0 spiro atoms. The van der Waals surface area contributed by atoms with E-state index < -0.39 is 0 Å². The molecule has 8 nitrogen and oxygen atoms in total. The number of carbonyl (C=O) groups is 1. The highest BCUT2D eigenvalue weighted by molar-refractivity contribution is 5.85. The van der Waals surface area contributed by atoms with Crippen LogP contribution in [0.4, 0.5) is 17.7 Å². The lowest BCUT2D eigenvalue weighted by molar-refractivity contribution is -0.123. The minimum absolute atomic E-state index is 0.0228. The van der Waals surface area contributed by atoms with Gasteiger partial charge in [0.25, 0.3) is 6.01 Å². The van der Waals surface area contributed by atoms with Crippen LogP contribution in [0.15, 0.2) is 47.1 Å². The van der Waals surface area contributed by atoms with Crippen molar-refractivity contribution in [3.8, 4) is 11.3 Å². The van der Waals surface area contributed by atoms with Gasteiger partial charge >= 0.3 is 0 Å². The lowest BCUT2D eigenvalue weighted by atomic mass is 10.1. The number of carbonyl (C=O) groups excluding carboxylic acids is 1. The van der Waals surface area contributed by atoms with Crippen molar-refractivity contribution in [3.05, 3.63) is 48.4 Å². The molecule has 1 fully saturated rings. The first-order valence-corrected chi connectivity index (χ1v) is 8.77. The molecule has 1 atom stereocenters. The lowest BCUT2D eigenvalue weighted by Crippen LogP contribution is -2.54. The van der Waals surface area contributed by atoms with E-state index in [1.54, 1.807) is 12.4 Å². The summed E-state index contributed by atoms with van der Waals surface area (Å²) in [7, 11) is 0. The third-order valence-corrected chi connectivity index (χ3v) is 4.44. The van der Waals surface area contributed by atoms with Crippen molar-refractivity contribution in [1.29, 1.82) is 0 Å². The van der Waals surface area contributed by atoms with E-state index >= 15 is 0 Å². The third kappa shape index (κ3) is 3.59. The Kier molecular flexibility index (Phi) is 4.45. The van der Waals surface area contributed by atoms with Gasteiger partial charge in [0.2, 0.25) is 11.9 Å². The first-order chi connectivity index (χ1) is 13.1. The van der Waals surface area contributed by atoms with Crippen molar-refractivity contribution >= 4 is 23.6 Å². The molecule has 1 aromatic carbocycles. The van der Waals surface area contributed by atoms with Crippen LogP contribution in [0.1, 0.15) is 12.6 Å². The van der Waals surface area contributed by atoms with Crippen LogP contribution < -0.4 is 15.5 Å². The maximum absolute atomic E-state index is 11.9. The highest BCUT2D eigenvalue weighted by Gasteiger charge is 2.28. The summed E-state index contributed by atoms with van der Waals surface area (Å²) in [5.41, 5.74) is 2.62. The molecule has 0 aliphatic carbocycles. The van der Waals surface area contributed by atoms with Crippen LogP contribution in [0, 0.1) is 6.92 Å². The minimum atomic E-state index is -0.309. The second-order valence-corrected chi connectivity index (χ2v) is 6.39. The molecule has 0 saturated carbocycles. The van der Waals surface area contributed by atoms with Crippen LogP contribution in [-0.4, -0.2) is 40.0 Å². The Balaban J connectivity index is 1.56. The smallest absolute Gasteiger partial charge is 0.298 e. The number of hydrogen-bond acceptors (Lipinski definition) is 7. The van der Waals surface area contributed by atoms with Gasteiger partial charge in [-0.2, -0.15) is 0 Å². The quantitative estimate of drug-likeness (QED) is 0.734. The molecular formula is C19H20N6O2. The largest absolute Gasteiger partial charge is 0.423 e. The van der Waals surface area contributed by atoms with E-state index in [0.717, 1.165) is 16.9 Å². The fraction of sp³-hybridized carbons (Fsp3) is 0.263. The van der Waals surface area contributed by atoms with E-state index in [0.29, 0.717) is 30.8 Å². The molecule has 3 heterocycles. The van der Waals surface area contributed by atoms with Gasteiger partial charge in [-0.1, -0.05) is 12.1 Å². The molecule has 2 N–H and O–H groups in total. The van der Waals surface area contributed by atoms with E-state index in [1.807, 2.05) is 49.1 Å². The summed E-state index contributed by atoms with van der Waals surface area (Å²) >= 11 is 0. The maximum atomic E-state index is 11.9. The second-order valence-electron chi connectivity index (χ2n) is 6.39. The fourth-order valence-corrected chi connectivity index (χ4v) is 2.96. The first-order valence-electron chi connectivity index (χ1n) is 8.77. The Morgan fingerprint density at radius 2 is 2.19 bits per heavy atom. The second kappa shape index (κ2) is 7.06. The van der Waals surface area contributed by atoms with Gasteiger partial charge < -0.3 is 20.0 Å². The van der Waals surface area contributed by atoms with Crippen LogP contribution >= 0.6 is 0 Å². The molecule has 2 aromatic heterocycles. The van der Waals surface area contributed by atoms with E-state index in [9.17, 15) is 4.79 Å². The van der Waals surface area contributed by atoms with Crippen molar-refractivity contribution in [3.63, 3.8) is 0 Å². The fourth-order valence-electron chi connectivity index (χ4n) is 2.96. The van der Waals surface area contributed by atoms with Crippen molar-refractivity contribution in [2.75, 3.05) is 23.3 Å². The Labute approximate surface area is 156 Å². The number of nitrogens with zero attached hydrogens (tertiary/aromatic N) is 4. The zero-order chi connectivity index (χ0) is 18.8. The topological polar surface area (TPSA) is 96.2 Å². The minimum Gasteiger partial charge on any atom is -0.423 e. The molecule has 0 radical (unpaired) electrons. The normalized spacial score (nSPS) is 16.9. The number of oxazole rings is 1. The predicted molar refractivity (Wildman–Crippen MR) is 102 cm³/mol. The van der Waals surface area contributed by atoms with Crippen molar-refractivity contribution in [2.24, 2.45) is 0 Å². The van der Waals surface area contributed by atoms with Crippen LogP contribution in [0.25, 0.3) is 11.3 Å². The Morgan fingerprint density at radius 3 is 3.04 bits per heavy atom. The predicted octanol–water partition coefficient (Wildman–Crippen LogP) is 2.51. The van der Waals surface area contributed by atoms with Gasteiger partial charge in [-0.25, -0.2) is 15.0 Å².